The van der Waals surface area contributed by atoms with Crippen LogP contribution in [0.2, 0.25) is 0 Å². The van der Waals surface area contributed by atoms with E-state index in [1.165, 1.54) is 32.1 Å². The summed E-state index contributed by atoms with van der Waals surface area (Å²) in [5.74, 6) is 0. The highest BCUT2D eigenvalue weighted by Gasteiger charge is 2.42. The Morgan fingerprint density at radius 3 is 2.40 bits per heavy atom. The first-order valence-corrected chi connectivity index (χ1v) is 6.54. The van der Waals surface area contributed by atoms with Crippen molar-refractivity contribution < 1.29 is 9.84 Å². The predicted molar refractivity (Wildman–Crippen MR) is 63.0 cm³/mol. The van der Waals surface area contributed by atoms with Gasteiger partial charge in [0.1, 0.15) is 0 Å². The minimum absolute atomic E-state index is 0.329. The van der Waals surface area contributed by atoms with E-state index in [0.717, 1.165) is 25.9 Å². The average Bonchev–Trinajstić information content (AvgIpc) is 2.16. The number of rotatable bonds is 8. The van der Waals surface area contributed by atoms with E-state index in [1.807, 2.05) is 6.92 Å². The van der Waals surface area contributed by atoms with Crippen molar-refractivity contribution in [3.8, 4) is 0 Å². The Kier molecular flexibility index (Phi) is 5.62. The fourth-order valence-electron chi connectivity index (χ4n) is 2.40. The van der Waals surface area contributed by atoms with Crippen molar-refractivity contribution >= 4 is 0 Å². The van der Waals surface area contributed by atoms with Crippen LogP contribution in [0.15, 0.2) is 0 Å². The number of ether oxygens (including phenoxy) is 1. The second-order valence-corrected chi connectivity index (χ2v) is 4.87. The van der Waals surface area contributed by atoms with Crippen molar-refractivity contribution in [3.63, 3.8) is 0 Å². The lowest BCUT2D eigenvalue weighted by Crippen LogP contribution is -2.48. The molecule has 1 N–H and O–H groups in total. The first kappa shape index (κ1) is 13.0. The molecule has 0 aliphatic heterocycles. The molecular formula is C13H26O2. The van der Waals surface area contributed by atoms with Crippen LogP contribution in [0.4, 0.5) is 0 Å². The summed E-state index contributed by atoms with van der Waals surface area (Å²) in [6.45, 7) is 5.02. The van der Waals surface area contributed by atoms with Crippen molar-refractivity contribution in [1.29, 1.82) is 0 Å². The lowest BCUT2D eigenvalue weighted by atomic mass is 9.74. The molecular weight excluding hydrogens is 188 g/mol. The van der Waals surface area contributed by atoms with Crippen molar-refractivity contribution in [2.45, 2.75) is 76.9 Å². The Bertz CT molecular complexity index is 162. The zero-order valence-electron chi connectivity index (χ0n) is 10.3. The van der Waals surface area contributed by atoms with E-state index in [9.17, 15) is 5.11 Å². The van der Waals surface area contributed by atoms with Crippen LogP contribution in [-0.4, -0.2) is 23.4 Å². The molecule has 0 radical (unpaired) electrons. The molecule has 0 spiro atoms. The third-order valence-corrected chi connectivity index (χ3v) is 3.36. The minimum atomic E-state index is -0.383. The molecule has 90 valence electrons. The maximum absolute atomic E-state index is 10.1. The largest absolute Gasteiger partial charge is 0.390 e. The molecule has 1 aliphatic carbocycles. The van der Waals surface area contributed by atoms with E-state index in [1.54, 1.807) is 0 Å². The van der Waals surface area contributed by atoms with Crippen molar-refractivity contribution in [1.82, 2.24) is 0 Å². The molecule has 1 rings (SSSR count). The van der Waals surface area contributed by atoms with Gasteiger partial charge in [-0.25, -0.2) is 0 Å². The fourth-order valence-corrected chi connectivity index (χ4v) is 2.40. The normalized spacial score (nSPS) is 30.2. The smallest absolute Gasteiger partial charge is 0.0697 e. The van der Waals surface area contributed by atoms with Gasteiger partial charge < -0.3 is 9.84 Å². The van der Waals surface area contributed by atoms with Gasteiger partial charge in [-0.3, -0.25) is 0 Å². The Balaban J connectivity index is 1.98. The van der Waals surface area contributed by atoms with Crippen LogP contribution in [-0.2, 0) is 4.74 Å². The zero-order valence-corrected chi connectivity index (χ0v) is 10.3. The molecule has 1 fully saturated rings. The van der Waals surface area contributed by atoms with Crippen LogP contribution in [0.5, 0.6) is 0 Å². The molecule has 0 amide bonds. The molecule has 2 heteroatoms. The van der Waals surface area contributed by atoms with Crippen molar-refractivity contribution in [2.24, 2.45) is 0 Å². The van der Waals surface area contributed by atoms with Gasteiger partial charge in [-0.05, 0) is 13.3 Å². The first-order valence-electron chi connectivity index (χ1n) is 6.54. The average molecular weight is 214 g/mol. The van der Waals surface area contributed by atoms with Crippen LogP contribution < -0.4 is 0 Å². The van der Waals surface area contributed by atoms with Gasteiger partial charge in [0.15, 0.2) is 0 Å². The van der Waals surface area contributed by atoms with E-state index in [0.29, 0.717) is 6.10 Å². The zero-order chi connectivity index (χ0) is 11.1. The molecule has 0 aromatic rings. The summed E-state index contributed by atoms with van der Waals surface area (Å²) in [5.41, 5.74) is -0.383. The van der Waals surface area contributed by atoms with Gasteiger partial charge in [-0.15, -0.1) is 0 Å². The maximum Gasteiger partial charge on any atom is 0.0697 e. The number of unbranched alkanes of at least 4 members (excludes halogenated alkanes) is 4. The molecule has 15 heavy (non-hydrogen) atoms. The topological polar surface area (TPSA) is 29.5 Å². The quantitative estimate of drug-likeness (QED) is 0.628. The molecule has 1 saturated carbocycles. The molecule has 0 heterocycles. The Morgan fingerprint density at radius 2 is 1.80 bits per heavy atom. The molecule has 0 atom stereocenters. The molecule has 0 unspecified atom stereocenters. The van der Waals surface area contributed by atoms with Crippen LogP contribution in [0.3, 0.4) is 0 Å². The Hall–Kier alpha value is -0.0800. The lowest BCUT2D eigenvalue weighted by molar-refractivity contribution is -0.141. The number of hydrogen-bond acceptors (Lipinski definition) is 2. The Labute approximate surface area is 94.0 Å². The highest BCUT2D eigenvalue weighted by molar-refractivity contribution is 4.94. The van der Waals surface area contributed by atoms with E-state index in [2.05, 4.69) is 6.92 Å². The van der Waals surface area contributed by atoms with Crippen LogP contribution in [0.1, 0.15) is 65.2 Å². The second kappa shape index (κ2) is 6.49. The number of aliphatic hydroxyl groups is 1. The highest BCUT2D eigenvalue weighted by atomic mass is 16.5. The van der Waals surface area contributed by atoms with E-state index < -0.39 is 0 Å². The summed E-state index contributed by atoms with van der Waals surface area (Å²) in [6.07, 6.45) is 9.41. The van der Waals surface area contributed by atoms with Gasteiger partial charge in [0.05, 0.1) is 11.7 Å². The summed E-state index contributed by atoms with van der Waals surface area (Å²) in [7, 11) is 0. The van der Waals surface area contributed by atoms with Crippen LogP contribution in [0, 0.1) is 0 Å². The van der Waals surface area contributed by atoms with Gasteiger partial charge in [-0.1, -0.05) is 39.0 Å². The molecule has 0 aromatic heterocycles. The SMILES string of the molecule is CCCCCCCC1(O)CC(OCC)C1. The van der Waals surface area contributed by atoms with Crippen LogP contribution >= 0.6 is 0 Å². The summed E-state index contributed by atoms with van der Waals surface area (Å²) in [4.78, 5) is 0. The molecule has 0 saturated heterocycles. The molecule has 1 aliphatic rings. The molecule has 2 nitrogen and oxygen atoms in total. The first-order chi connectivity index (χ1) is 7.20. The lowest BCUT2D eigenvalue weighted by Gasteiger charge is -2.43. The fraction of sp³-hybridized carbons (Fsp3) is 1.00. The summed E-state index contributed by atoms with van der Waals surface area (Å²) < 4.78 is 5.46. The third-order valence-electron chi connectivity index (χ3n) is 3.36. The van der Waals surface area contributed by atoms with Crippen LogP contribution in [0.25, 0.3) is 0 Å². The van der Waals surface area contributed by atoms with E-state index in [-0.39, 0.29) is 5.60 Å². The van der Waals surface area contributed by atoms with Gasteiger partial charge in [-0.2, -0.15) is 0 Å². The van der Waals surface area contributed by atoms with Gasteiger partial charge >= 0.3 is 0 Å². The highest BCUT2D eigenvalue weighted by Crippen LogP contribution is 2.38. The number of hydrogen-bond donors (Lipinski definition) is 1. The van der Waals surface area contributed by atoms with Crippen molar-refractivity contribution in [2.75, 3.05) is 6.61 Å². The third kappa shape index (κ3) is 4.52. The second-order valence-electron chi connectivity index (χ2n) is 4.87. The summed E-state index contributed by atoms with van der Waals surface area (Å²) in [5, 5.41) is 10.1. The summed E-state index contributed by atoms with van der Waals surface area (Å²) >= 11 is 0. The maximum atomic E-state index is 10.1. The van der Waals surface area contributed by atoms with E-state index >= 15 is 0 Å². The minimum Gasteiger partial charge on any atom is -0.390 e. The predicted octanol–water partition coefficient (Wildman–Crippen LogP) is 3.28. The van der Waals surface area contributed by atoms with Gasteiger partial charge in [0, 0.05) is 19.4 Å². The van der Waals surface area contributed by atoms with Gasteiger partial charge in [0.25, 0.3) is 0 Å². The molecule has 0 aromatic carbocycles. The van der Waals surface area contributed by atoms with Gasteiger partial charge in [0.2, 0.25) is 0 Å². The standard InChI is InChI=1S/C13H26O2/c1-3-5-6-7-8-9-13(14)10-12(11-13)15-4-2/h12,14H,3-11H2,1-2H3. The monoisotopic (exact) mass is 214 g/mol. The molecule has 0 bridgehead atoms. The van der Waals surface area contributed by atoms with Crippen molar-refractivity contribution in [3.05, 3.63) is 0 Å². The summed E-state index contributed by atoms with van der Waals surface area (Å²) in [6, 6.07) is 0. The Morgan fingerprint density at radius 1 is 1.13 bits per heavy atom. The van der Waals surface area contributed by atoms with E-state index in [4.69, 9.17) is 4.74 Å².